The normalized spacial score (nSPS) is 10.3. The highest BCUT2D eigenvalue weighted by Gasteiger charge is 2.07. The first kappa shape index (κ1) is 12.3. The van der Waals surface area contributed by atoms with E-state index in [9.17, 15) is 0 Å². The maximum absolute atomic E-state index is 8.96. The lowest BCUT2D eigenvalue weighted by Gasteiger charge is -2.04. The van der Waals surface area contributed by atoms with Gasteiger partial charge in [0.25, 0.3) is 0 Å². The van der Waals surface area contributed by atoms with Gasteiger partial charge >= 0.3 is 0 Å². The number of nitrogens with one attached hydrogen (secondary N) is 1. The lowest BCUT2D eigenvalue weighted by atomic mass is 10.2. The van der Waals surface area contributed by atoms with Crippen molar-refractivity contribution >= 4 is 0 Å². The molecule has 0 amide bonds. The summed E-state index contributed by atoms with van der Waals surface area (Å²) in [5.74, 6) is 0. The molecule has 4 heteroatoms. The molecule has 0 aliphatic heterocycles. The third kappa shape index (κ3) is 2.58. The van der Waals surface area contributed by atoms with Gasteiger partial charge in [0.05, 0.1) is 5.69 Å². The number of nitrogens with zero attached hydrogens (tertiary/aromatic N) is 3. The van der Waals surface area contributed by atoms with E-state index < -0.39 is 0 Å². The highest BCUT2D eigenvalue weighted by molar-refractivity contribution is 5.34. The van der Waals surface area contributed by atoms with Gasteiger partial charge in [0, 0.05) is 32.0 Å². The van der Waals surface area contributed by atoms with E-state index in [1.165, 1.54) is 0 Å². The van der Waals surface area contributed by atoms with Gasteiger partial charge in [0.2, 0.25) is 0 Å². The quantitative estimate of drug-likeness (QED) is 0.888. The van der Waals surface area contributed by atoms with Crippen LogP contribution in [0.1, 0.15) is 22.6 Å². The fraction of sp³-hybridized carbons (Fsp3) is 0.286. The van der Waals surface area contributed by atoms with E-state index in [-0.39, 0.29) is 0 Å². The van der Waals surface area contributed by atoms with Crippen molar-refractivity contribution in [2.75, 3.05) is 0 Å². The molecule has 0 atom stereocenters. The van der Waals surface area contributed by atoms with E-state index >= 15 is 0 Å². The van der Waals surface area contributed by atoms with Gasteiger partial charge in [-0.3, -0.25) is 4.98 Å². The first-order valence-electron chi connectivity index (χ1n) is 5.88. The zero-order valence-electron chi connectivity index (χ0n) is 10.6. The van der Waals surface area contributed by atoms with Crippen molar-refractivity contribution in [1.29, 1.82) is 5.26 Å². The molecule has 0 aliphatic rings. The van der Waals surface area contributed by atoms with Crippen LogP contribution in [-0.2, 0) is 20.1 Å². The Balaban J connectivity index is 1.97. The second kappa shape index (κ2) is 5.48. The molecule has 2 aromatic heterocycles. The van der Waals surface area contributed by atoms with Crippen LogP contribution in [0.25, 0.3) is 0 Å². The number of rotatable bonds is 4. The number of pyridine rings is 1. The summed E-state index contributed by atoms with van der Waals surface area (Å²) in [5.41, 5.74) is 4.00. The molecular weight excluding hydrogens is 224 g/mol. The molecular formula is C14H16N4. The summed E-state index contributed by atoms with van der Waals surface area (Å²) in [4.78, 5) is 4.25. The third-order valence-corrected chi connectivity index (χ3v) is 3.10. The maximum Gasteiger partial charge on any atom is 0.120 e. The lowest BCUT2D eigenvalue weighted by Crippen LogP contribution is -2.14. The summed E-state index contributed by atoms with van der Waals surface area (Å²) in [7, 11) is 1.91. The van der Waals surface area contributed by atoms with Gasteiger partial charge in [-0.25, -0.2) is 0 Å². The van der Waals surface area contributed by atoms with Crippen LogP contribution >= 0.6 is 0 Å². The predicted octanol–water partition coefficient (Wildman–Crippen LogP) is 1.89. The number of hydrogen-bond donors (Lipinski definition) is 1. The smallest absolute Gasteiger partial charge is 0.120 e. The largest absolute Gasteiger partial charge is 0.340 e. The van der Waals surface area contributed by atoms with Crippen molar-refractivity contribution in [2.45, 2.75) is 20.0 Å². The summed E-state index contributed by atoms with van der Waals surface area (Å²) in [5, 5.41) is 12.3. The zero-order chi connectivity index (χ0) is 13.0. The van der Waals surface area contributed by atoms with Gasteiger partial charge in [-0.1, -0.05) is 6.07 Å². The van der Waals surface area contributed by atoms with Gasteiger partial charge in [-0.05, 0) is 30.7 Å². The van der Waals surface area contributed by atoms with E-state index in [1.54, 1.807) is 6.20 Å². The molecule has 0 aliphatic carbocycles. The standard InChI is InChI=1S/C14H16N4/c1-11-12(7-14(8-15)18(11)2)9-16-10-13-5-3-4-6-17-13/h3-7,16H,9-10H2,1-2H3. The van der Waals surface area contributed by atoms with Crippen LogP contribution in [0.15, 0.2) is 30.5 Å². The Morgan fingerprint density at radius 3 is 2.83 bits per heavy atom. The van der Waals surface area contributed by atoms with Crippen molar-refractivity contribution < 1.29 is 0 Å². The molecule has 0 aromatic carbocycles. The summed E-state index contributed by atoms with van der Waals surface area (Å²) >= 11 is 0. The SMILES string of the molecule is Cc1c(CNCc2ccccn2)cc(C#N)n1C. The minimum Gasteiger partial charge on any atom is -0.340 e. The van der Waals surface area contributed by atoms with Crippen molar-refractivity contribution in [1.82, 2.24) is 14.9 Å². The van der Waals surface area contributed by atoms with Crippen LogP contribution in [0, 0.1) is 18.3 Å². The number of hydrogen-bond acceptors (Lipinski definition) is 3. The van der Waals surface area contributed by atoms with Crippen molar-refractivity contribution in [3.63, 3.8) is 0 Å². The Labute approximate surface area is 107 Å². The van der Waals surface area contributed by atoms with E-state index in [0.29, 0.717) is 5.69 Å². The molecule has 18 heavy (non-hydrogen) atoms. The Morgan fingerprint density at radius 1 is 1.39 bits per heavy atom. The van der Waals surface area contributed by atoms with E-state index in [1.807, 2.05) is 42.8 Å². The average molecular weight is 240 g/mol. The fourth-order valence-corrected chi connectivity index (χ4v) is 1.88. The molecule has 0 fully saturated rings. The molecule has 0 radical (unpaired) electrons. The predicted molar refractivity (Wildman–Crippen MR) is 69.6 cm³/mol. The topological polar surface area (TPSA) is 53.6 Å². The molecule has 0 saturated heterocycles. The first-order chi connectivity index (χ1) is 8.72. The molecule has 92 valence electrons. The molecule has 0 bridgehead atoms. The first-order valence-corrected chi connectivity index (χ1v) is 5.88. The summed E-state index contributed by atoms with van der Waals surface area (Å²) in [6.45, 7) is 3.51. The number of aromatic nitrogens is 2. The molecule has 4 nitrogen and oxygen atoms in total. The van der Waals surface area contributed by atoms with Crippen molar-refractivity contribution in [2.24, 2.45) is 7.05 Å². The molecule has 2 heterocycles. The van der Waals surface area contributed by atoms with Gasteiger partial charge in [0.1, 0.15) is 11.8 Å². The number of nitriles is 1. The van der Waals surface area contributed by atoms with Gasteiger partial charge in [-0.2, -0.15) is 5.26 Å². The van der Waals surface area contributed by atoms with Crippen LogP contribution in [-0.4, -0.2) is 9.55 Å². The third-order valence-electron chi connectivity index (χ3n) is 3.10. The van der Waals surface area contributed by atoms with E-state index in [0.717, 1.165) is 30.0 Å². The summed E-state index contributed by atoms with van der Waals surface area (Å²) in [6, 6.07) is 9.99. The Morgan fingerprint density at radius 2 is 2.22 bits per heavy atom. The van der Waals surface area contributed by atoms with Gasteiger partial charge < -0.3 is 9.88 Å². The highest BCUT2D eigenvalue weighted by Crippen LogP contribution is 2.13. The molecule has 2 rings (SSSR count). The fourth-order valence-electron chi connectivity index (χ4n) is 1.88. The Kier molecular flexibility index (Phi) is 3.75. The maximum atomic E-state index is 8.96. The summed E-state index contributed by atoms with van der Waals surface area (Å²) < 4.78 is 1.91. The molecule has 2 aromatic rings. The van der Waals surface area contributed by atoms with Crippen molar-refractivity contribution in [3.05, 3.63) is 53.1 Å². The van der Waals surface area contributed by atoms with E-state index in [2.05, 4.69) is 16.4 Å². The molecule has 1 N–H and O–H groups in total. The highest BCUT2D eigenvalue weighted by atomic mass is 15.0. The molecule has 0 spiro atoms. The van der Waals surface area contributed by atoms with Crippen LogP contribution in [0.3, 0.4) is 0 Å². The van der Waals surface area contributed by atoms with Crippen LogP contribution in [0.4, 0.5) is 0 Å². The van der Waals surface area contributed by atoms with E-state index in [4.69, 9.17) is 5.26 Å². The monoisotopic (exact) mass is 240 g/mol. The molecule has 0 saturated carbocycles. The Bertz CT molecular complexity index is 563. The lowest BCUT2D eigenvalue weighted by molar-refractivity contribution is 0.674. The minimum atomic E-state index is 0.696. The zero-order valence-corrected chi connectivity index (χ0v) is 10.6. The van der Waals surface area contributed by atoms with Crippen LogP contribution < -0.4 is 5.32 Å². The second-order valence-corrected chi connectivity index (χ2v) is 4.24. The average Bonchev–Trinajstić information content (AvgIpc) is 2.68. The minimum absolute atomic E-state index is 0.696. The van der Waals surface area contributed by atoms with Gasteiger partial charge in [-0.15, -0.1) is 0 Å². The van der Waals surface area contributed by atoms with Crippen LogP contribution in [0.2, 0.25) is 0 Å². The van der Waals surface area contributed by atoms with Crippen molar-refractivity contribution in [3.8, 4) is 6.07 Å². The molecule has 0 unspecified atom stereocenters. The van der Waals surface area contributed by atoms with Gasteiger partial charge in [0.15, 0.2) is 0 Å². The Hall–Kier alpha value is -2.12. The second-order valence-electron chi connectivity index (χ2n) is 4.24. The van der Waals surface area contributed by atoms with Crippen LogP contribution in [0.5, 0.6) is 0 Å². The summed E-state index contributed by atoms with van der Waals surface area (Å²) in [6.07, 6.45) is 1.79.